The highest BCUT2D eigenvalue weighted by molar-refractivity contribution is 5.98. The van der Waals surface area contributed by atoms with Crippen LogP contribution in [-0.2, 0) is 6.54 Å². The predicted molar refractivity (Wildman–Crippen MR) is 119 cm³/mol. The zero-order valence-electron chi connectivity index (χ0n) is 18.1. The van der Waals surface area contributed by atoms with E-state index in [0.29, 0.717) is 0 Å². The van der Waals surface area contributed by atoms with E-state index < -0.39 is 0 Å². The molecule has 0 radical (unpaired) electrons. The molecule has 2 fully saturated rings. The van der Waals surface area contributed by atoms with Crippen molar-refractivity contribution in [3.8, 4) is 0 Å². The Balaban J connectivity index is 1.38. The Bertz CT molecular complexity index is 811. The molecule has 1 saturated carbocycles. The molecule has 1 aliphatic heterocycles. The Morgan fingerprint density at radius 2 is 1.76 bits per heavy atom. The fraction of sp³-hybridized carbons (Fsp3) is 0.625. The lowest BCUT2D eigenvalue weighted by atomic mass is 10.1. The summed E-state index contributed by atoms with van der Waals surface area (Å²) in [4.78, 5) is 20.2. The third-order valence-corrected chi connectivity index (χ3v) is 7.01. The zero-order chi connectivity index (χ0) is 20.2. The Hall–Kier alpha value is -1.85. The largest absolute Gasteiger partial charge is 0.346 e. The van der Waals surface area contributed by atoms with Crippen LogP contribution >= 0.6 is 0 Å². The molecule has 1 aromatic heterocycles. The van der Waals surface area contributed by atoms with Crippen LogP contribution in [0.15, 0.2) is 30.5 Å². The van der Waals surface area contributed by atoms with Gasteiger partial charge in [0.1, 0.15) is 0 Å². The topological polar surface area (TPSA) is 31.7 Å². The molecular formula is C24H36N4O. The molecular weight excluding hydrogens is 360 g/mol. The van der Waals surface area contributed by atoms with Crippen molar-refractivity contribution in [3.05, 3.63) is 36.0 Å². The maximum atomic E-state index is 13.1. The minimum atomic E-state index is 0.189. The summed E-state index contributed by atoms with van der Waals surface area (Å²) in [5, 5.41) is 1.17. The molecule has 2 aliphatic rings. The van der Waals surface area contributed by atoms with Crippen molar-refractivity contribution >= 4 is 16.8 Å². The second-order valence-corrected chi connectivity index (χ2v) is 8.58. The summed E-state index contributed by atoms with van der Waals surface area (Å²) in [5.41, 5.74) is 2.05. The Kier molecular flexibility index (Phi) is 6.56. The van der Waals surface area contributed by atoms with E-state index in [2.05, 4.69) is 52.6 Å². The van der Waals surface area contributed by atoms with E-state index in [0.717, 1.165) is 64.0 Å². The lowest BCUT2D eigenvalue weighted by molar-refractivity contribution is 0.0573. The third kappa shape index (κ3) is 4.51. The monoisotopic (exact) mass is 396 g/mol. The smallest absolute Gasteiger partial charge is 0.253 e. The SMILES string of the molecule is CCN(CC)CCn1ccc2cc(C(=O)N3CCN(C4CCCC4)CC3)ccc21. The Labute approximate surface area is 175 Å². The van der Waals surface area contributed by atoms with Gasteiger partial charge in [0, 0.05) is 68.0 Å². The van der Waals surface area contributed by atoms with E-state index in [4.69, 9.17) is 0 Å². The number of hydrogen-bond acceptors (Lipinski definition) is 3. The standard InChI is InChI=1S/C24H36N4O/c1-3-25(4-2)13-14-27-12-11-20-19-21(9-10-23(20)27)24(29)28-17-15-26(16-18-28)22-7-5-6-8-22/h9-12,19,22H,3-8,13-18H2,1-2H3. The normalized spacial score (nSPS) is 18.9. The van der Waals surface area contributed by atoms with E-state index in [1.54, 1.807) is 0 Å². The minimum Gasteiger partial charge on any atom is -0.346 e. The van der Waals surface area contributed by atoms with Crippen molar-refractivity contribution in [1.82, 2.24) is 19.3 Å². The van der Waals surface area contributed by atoms with Crippen LogP contribution in [0.1, 0.15) is 49.9 Å². The van der Waals surface area contributed by atoms with Crippen LogP contribution in [0.2, 0.25) is 0 Å². The van der Waals surface area contributed by atoms with Gasteiger partial charge in [-0.1, -0.05) is 26.7 Å². The fourth-order valence-corrected chi connectivity index (χ4v) is 5.06. The van der Waals surface area contributed by atoms with Crippen molar-refractivity contribution < 1.29 is 4.79 Å². The molecule has 5 heteroatoms. The zero-order valence-corrected chi connectivity index (χ0v) is 18.1. The van der Waals surface area contributed by atoms with Crippen LogP contribution in [0.4, 0.5) is 0 Å². The van der Waals surface area contributed by atoms with Gasteiger partial charge >= 0.3 is 0 Å². The highest BCUT2D eigenvalue weighted by Gasteiger charge is 2.28. The van der Waals surface area contributed by atoms with Crippen LogP contribution in [0, 0.1) is 0 Å². The molecule has 1 amide bonds. The summed E-state index contributed by atoms with van der Waals surface area (Å²) in [6, 6.07) is 9.13. The molecule has 2 heterocycles. The van der Waals surface area contributed by atoms with Crippen LogP contribution in [0.3, 0.4) is 0 Å². The first kappa shape index (κ1) is 20.4. The van der Waals surface area contributed by atoms with Gasteiger partial charge in [0.05, 0.1) is 0 Å². The molecule has 158 valence electrons. The number of amides is 1. The summed E-state index contributed by atoms with van der Waals surface area (Å²) < 4.78 is 2.31. The molecule has 0 N–H and O–H groups in total. The minimum absolute atomic E-state index is 0.189. The van der Waals surface area contributed by atoms with Crippen LogP contribution in [0.5, 0.6) is 0 Å². The van der Waals surface area contributed by atoms with Crippen molar-refractivity contribution in [3.63, 3.8) is 0 Å². The maximum absolute atomic E-state index is 13.1. The molecule has 2 aromatic rings. The summed E-state index contributed by atoms with van der Waals surface area (Å²) in [7, 11) is 0. The molecule has 0 atom stereocenters. The van der Waals surface area contributed by atoms with Gasteiger partial charge in [0.25, 0.3) is 5.91 Å². The van der Waals surface area contributed by atoms with Crippen LogP contribution in [0.25, 0.3) is 10.9 Å². The molecule has 0 unspecified atom stereocenters. The quantitative estimate of drug-likeness (QED) is 0.715. The maximum Gasteiger partial charge on any atom is 0.253 e. The second-order valence-electron chi connectivity index (χ2n) is 8.58. The number of carbonyl (C=O) groups excluding carboxylic acids is 1. The molecule has 1 saturated heterocycles. The first-order valence-corrected chi connectivity index (χ1v) is 11.5. The summed E-state index contributed by atoms with van der Waals surface area (Å²) >= 11 is 0. The molecule has 1 aliphatic carbocycles. The van der Waals surface area contributed by atoms with Gasteiger partial charge in [-0.2, -0.15) is 0 Å². The lowest BCUT2D eigenvalue weighted by Gasteiger charge is -2.38. The highest BCUT2D eigenvalue weighted by atomic mass is 16.2. The lowest BCUT2D eigenvalue weighted by Crippen LogP contribution is -2.51. The predicted octanol–water partition coefficient (Wildman–Crippen LogP) is 3.68. The van der Waals surface area contributed by atoms with Crippen LogP contribution < -0.4 is 0 Å². The molecule has 29 heavy (non-hydrogen) atoms. The first-order valence-electron chi connectivity index (χ1n) is 11.5. The average Bonchev–Trinajstić information content (AvgIpc) is 3.44. The number of carbonyl (C=O) groups is 1. The number of piperazine rings is 1. The van der Waals surface area contributed by atoms with E-state index in [1.807, 2.05) is 11.0 Å². The molecule has 1 aromatic carbocycles. The van der Waals surface area contributed by atoms with E-state index >= 15 is 0 Å². The van der Waals surface area contributed by atoms with E-state index in [-0.39, 0.29) is 5.91 Å². The number of nitrogens with zero attached hydrogens (tertiary/aromatic N) is 4. The number of likely N-dealkylation sites (N-methyl/N-ethyl adjacent to an activating group) is 1. The average molecular weight is 397 g/mol. The van der Waals surface area contributed by atoms with Crippen molar-refractivity contribution in [1.29, 1.82) is 0 Å². The number of aromatic nitrogens is 1. The van der Waals surface area contributed by atoms with Crippen LogP contribution in [-0.4, -0.2) is 77.0 Å². The van der Waals surface area contributed by atoms with Gasteiger partial charge in [-0.15, -0.1) is 0 Å². The summed E-state index contributed by atoms with van der Waals surface area (Å²) in [6.07, 6.45) is 7.59. The van der Waals surface area contributed by atoms with Gasteiger partial charge < -0.3 is 14.4 Å². The second kappa shape index (κ2) is 9.31. The van der Waals surface area contributed by atoms with Gasteiger partial charge in [0.15, 0.2) is 0 Å². The molecule has 0 spiro atoms. The van der Waals surface area contributed by atoms with Gasteiger partial charge in [-0.3, -0.25) is 9.69 Å². The fourth-order valence-electron chi connectivity index (χ4n) is 5.06. The number of rotatable bonds is 7. The molecule has 0 bridgehead atoms. The Morgan fingerprint density at radius 3 is 2.45 bits per heavy atom. The summed E-state index contributed by atoms with van der Waals surface area (Å²) in [6.45, 7) is 12.4. The van der Waals surface area contributed by atoms with Gasteiger partial charge in [0.2, 0.25) is 0 Å². The Morgan fingerprint density at radius 1 is 1.03 bits per heavy atom. The van der Waals surface area contributed by atoms with Gasteiger partial charge in [-0.25, -0.2) is 0 Å². The van der Waals surface area contributed by atoms with Crippen molar-refractivity contribution in [2.24, 2.45) is 0 Å². The number of hydrogen-bond donors (Lipinski definition) is 0. The highest BCUT2D eigenvalue weighted by Crippen LogP contribution is 2.25. The van der Waals surface area contributed by atoms with E-state index in [1.165, 1.54) is 36.6 Å². The number of benzene rings is 1. The first-order chi connectivity index (χ1) is 14.2. The van der Waals surface area contributed by atoms with Crippen molar-refractivity contribution in [2.75, 3.05) is 45.8 Å². The van der Waals surface area contributed by atoms with Gasteiger partial charge in [-0.05, 0) is 50.2 Å². The third-order valence-electron chi connectivity index (χ3n) is 7.01. The van der Waals surface area contributed by atoms with Crippen molar-refractivity contribution in [2.45, 2.75) is 52.1 Å². The van der Waals surface area contributed by atoms with E-state index in [9.17, 15) is 4.79 Å². The number of fused-ring (bicyclic) bond motifs is 1. The molecule has 5 nitrogen and oxygen atoms in total. The molecule has 4 rings (SSSR count). The summed E-state index contributed by atoms with van der Waals surface area (Å²) in [5.74, 6) is 0.189.